The van der Waals surface area contributed by atoms with Gasteiger partial charge in [-0.3, -0.25) is 9.59 Å². The van der Waals surface area contributed by atoms with Gasteiger partial charge in [0.1, 0.15) is 10.8 Å². The zero-order valence-electron chi connectivity index (χ0n) is 24.5. The third kappa shape index (κ3) is 6.16. The Morgan fingerprint density at radius 3 is 2.23 bits per heavy atom. The number of anilines is 3. The van der Waals surface area contributed by atoms with Crippen molar-refractivity contribution in [2.45, 2.75) is 62.7 Å². The number of thiophene rings is 1. The number of sulfonamides is 1. The summed E-state index contributed by atoms with van der Waals surface area (Å²) < 4.78 is 33.9. The summed E-state index contributed by atoms with van der Waals surface area (Å²) in [5, 5.41) is 6.54. The fourth-order valence-corrected chi connectivity index (χ4v) is 9.10. The van der Waals surface area contributed by atoms with Gasteiger partial charge in [-0.15, -0.1) is 11.3 Å². The molecule has 0 radical (unpaired) electrons. The maximum atomic E-state index is 14.1. The number of ether oxygens (including phenoxy) is 1. The largest absolute Gasteiger partial charge is 0.497 e. The number of hydrogen-bond acceptors (Lipinski definition) is 7. The Morgan fingerprint density at radius 1 is 0.814 bits per heavy atom. The lowest BCUT2D eigenvalue weighted by molar-refractivity contribution is 0.102. The first kappa shape index (κ1) is 29.7. The van der Waals surface area contributed by atoms with E-state index in [-0.39, 0.29) is 10.8 Å². The highest BCUT2D eigenvalue weighted by Gasteiger charge is 2.31. The first-order valence-corrected chi connectivity index (χ1v) is 17.4. The summed E-state index contributed by atoms with van der Waals surface area (Å²) in [6, 6.07) is 12.1. The second-order valence-electron chi connectivity index (χ2n) is 11.4. The molecule has 11 heteroatoms. The highest BCUT2D eigenvalue weighted by Crippen LogP contribution is 2.39. The van der Waals surface area contributed by atoms with Crippen molar-refractivity contribution < 1.29 is 22.7 Å². The van der Waals surface area contributed by atoms with Crippen LogP contribution in [0.3, 0.4) is 0 Å². The Hall–Kier alpha value is -3.41. The fraction of sp³-hybridized carbons (Fsp3) is 0.438. The molecule has 9 nitrogen and oxygen atoms in total. The van der Waals surface area contributed by atoms with Crippen LogP contribution in [0.2, 0.25) is 0 Å². The quantitative estimate of drug-likeness (QED) is 0.323. The zero-order chi connectivity index (χ0) is 30.0. The molecule has 0 bridgehead atoms. The third-order valence-corrected chi connectivity index (χ3v) is 11.7. The molecular weight excluding hydrogens is 585 g/mol. The third-order valence-electron chi connectivity index (χ3n) is 8.59. The zero-order valence-corrected chi connectivity index (χ0v) is 26.1. The molecule has 43 heavy (non-hydrogen) atoms. The van der Waals surface area contributed by atoms with Crippen molar-refractivity contribution in [3.63, 3.8) is 0 Å². The second-order valence-corrected chi connectivity index (χ2v) is 14.4. The summed E-state index contributed by atoms with van der Waals surface area (Å²) in [4.78, 5) is 31.2. The van der Waals surface area contributed by atoms with E-state index in [4.69, 9.17) is 4.74 Å². The number of hydrogen-bond donors (Lipinski definition) is 2. The van der Waals surface area contributed by atoms with Gasteiger partial charge in [0.25, 0.3) is 11.8 Å². The number of carbonyl (C=O) groups excluding carboxylic acids is 2. The van der Waals surface area contributed by atoms with Crippen molar-refractivity contribution in [1.29, 1.82) is 0 Å². The topological polar surface area (TPSA) is 108 Å². The number of fused-ring (bicyclic) bond motifs is 1. The average Bonchev–Trinajstić information content (AvgIpc) is 3.70. The molecule has 2 aliphatic heterocycles. The van der Waals surface area contributed by atoms with Gasteiger partial charge in [-0.05, 0) is 99.4 Å². The van der Waals surface area contributed by atoms with Crippen LogP contribution in [0.15, 0.2) is 47.4 Å². The maximum absolute atomic E-state index is 14.1. The van der Waals surface area contributed by atoms with Crippen LogP contribution >= 0.6 is 11.3 Å². The van der Waals surface area contributed by atoms with Gasteiger partial charge >= 0.3 is 0 Å². The molecule has 2 N–H and O–H groups in total. The number of piperidine rings is 1. The molecule has 0 saturated carbocycles. The lowest BCUT2D eigenvalue weighted by Crippen LogP contribution is -2.35. The summed E-state index contributed by atoms with van der Waals surface area (Å²) in [5.74, 6) is 0.00736. The van der Waals surface area contributed by atoms with Crippen LogP contribution in [-0.4, -0.2) is 57.8 Å². The van der Waals surface area contributed by atoms with Gasteiger partial charge in [0.2, 0.25) is 10.0 Å². The number of nitrogens with zero attached hydrogens (tertiary/aromatic N) is 2. The Kier molecular flexibility index (Phi) is 8.74. The van der Waals surface area contributed by atoms with Crippen LogP contribution < -0.4 is 20.3 Å². The molecule has 2 aromatic carbocycles. The maximum Gasteiger partial charge on any atom is 0.258 e. The highest BCUT2D eigenvalue weighted by atomic mass is 32.2. The minimum Gasteiger partial charge on any atom is -0.497 e. The van der Waals surface area contributed by atoms with Gasteiger partial charge in [0.15, 0.2) is 0 Å². The number of methoxy groups -OCH3 is 1. The molecule has 228 valence electrons. The van der Waals surface area contributed by atoms with Crippen LogP contribution in [0.5, 0.6) is 5.75 Å². The summed E-state index contributed by atoms with van der Waals surface area (Å²) in [6.45, 7) is 2.60. The standard InChI is InChI=1S/C32H38N4O5S2/c1-41-23-13-11-22(12-14-23)33-31(38)29-25-9-3-4-10-28(25)42-32(29)34-30(37)26-21-24(15-16-27(26)35-17-7-8-18-35)43(39,40)36-19-5-2-6-20-36/h11-16,21H,2-10,17-20H2,1H3,(H,33,38)(H,34,37). The summed E-state index contributed by atoms with van der Waals surface area (Å²) in [5.41, 5.74) is 3.14. The minimum atomic E-state index is -3.73. The lowest BCUT2D eigenvalue weighted by atomic mass is 9.95. The van der Waals surface area contributed by atoms with E-state index in [2.05, 4.69) is 15.5 Å². The molecule has 3 heterocycles. The number of amides is 2. The molecule has 1 aromatic heterocycles. The molecule has 0 unspecified atom stereocenters. The van der Waals surface area contributed by atoms with Gasteiger partial charge in [-0.25, -0.2) is 8.42 Å². The van der Waals surface area contributed by atoms with E-state index in [1.165, 1.54) is 21.7 Å². The minimum absolute atomic E-state index is 0.130. The van der Waals surface area contributed by atoms with Gasteiger partial charge < -0.3 is 20.3 Å². The van der Waals surface area contributed by atoms with Gasteiger partial charge in [0.05, 0.1) is 23.1 Å². The van der Waals surface area contributed by atoms with Gasteiger partial charge in [0, 0.05) is 42.4 Å². The molecular formula is C32H38N4O5S2. The Bertz CT molecular complexity index is 1610. The fourth-order valence-electron chi connectivity index (χ4n) is 6.28. The van der Waals surface area contributed by atoms with E-state index in [0.717, 1.165) is 87.0 Å². The summed E-state index contributed by atoms with van der Waals surface area (Å²) >= 11 is 1.45. The van der Waals surface area contributed by atoms with Crippen molar-refractivity contribution in [2.75, 3.05) is 48.8 Å². The molecule has 3 aliphatic rings. The van der Waals surface area contributed by atoms with Crippen molar-refractivity contribution in [2.24, 2.45) is 0 Å². The molecule has 6 rings (SSSR count). The number of benzene rings is 2. The molecule has 2 amide bonds. The number of aryl methyl sites for hydroxylation is 1. The molecule has 2 fully saturated rings. The van der Waals surface area contributed by atoms with E-state index < -0.39 is 15.9 Å². The Morgan fingerprint density at radius 2 is 1.51 bits per heavy atom. The van der Waals surface area contributed by atoms with Crippen molar-refractivity contribution in [3.05, 3.63) is 64.0 Å². The first-order valence-electron chi connectivity index (χ1n) is 15.2. The van der Waals surface area contributed by atoms with Crippen LogP contribution in [0.25, 0.3) is 0 Å². The number of nitrogens with one attached hydrogen (secondary N) is 2. The van der Waals surface area contributed by atoms with Crippen LogP contribution in [-0.2, 0) is 22.9 Å². The average molecular weight is 623 g/mol. The Balaban J connectivity index is 1.34. The van der Waals surface area contributed by atoms with Crippen molar-refractivity contribution >= 4 is 49.6 Å². The lowest BCUT2D eigenvalue weighted by Gasteiger charge is -2.27. The Labute approximate surface area is 257 Å². The molecule has 2 saturated heterocycles. The molecule has 0 atom stereocenters. The van der Waals surface area contributed by atoms with Crippen molar-refractivity contribution in [1.82, 2.24) is 4.31 Å². The van der Waals surface area contributed by atoms with E-state index in [1.54, 1.807) is 43.5 Å². The summed E-state index contributed by atoms with van der Waals surface area (Å²) in [6.07, 6.45) is 8.38. The second kappa shape index (κ2) is 12.7. The van der Waals surface area contributed by atoms with Gasteiger partial charge in [-0.2, -0.15) is 4.31 Å². The summed E-state index contributed by atoms with van der Waals surface area (Å²) in [7, 11) is -2.14. The smallest absolute Gasteiger partial charge is 0.258 e. The predicted octanol–water partition coefficient (Wildman–Crippen LogP) is 5.91. The predicted molar refractivity (Wildman–Crippen MR) is 170 cm³/mol. The van der Waals surface area contributed by atoms with Gasteiger partial charge in [-0.1, -0.05) is 6.42 Å². The SMILES string of the molecule is COc1ccc(NC(=O)c2c(NC(=O)c3cc(S(=O)(=O)N4CCCCC4)ccc3N3CCCC3)sc3c2CCCC3)cc1. The first-order chi connectivity index (χ1) is 20.8. The normalized spacial score (nSPS) is 17.4. The number of carbonyl (C=O) groups is 2. The monoisotopic (exact) mass is 622 g/mol. The molecule has 3 aromatic rings. The van der Waals surface area contributed by atoms with E-state index in [0.29, 0.717) is 40.7 Å². The van der Waals surface area contributed by atoms with Crippen LogP contribution in [0.4, 0.5) is 16.4 Å². The van der Waals surface area contributed by atoms with E-state index in [1.807, 2.05) is 0 Å². The van der Waals surface area contributed by atoms with Crippen LogP contribution in [0, 0.1) is 0 Å². The molecule has 1 aliphatic carbocycles. The van der Waals surface area contributed by atoms with Crippen molar-refractivity contribution in [3.8, 4) is 5.75 Å². The number of rotatable bonds is 8. The van der Waals surface area contributed by atoms with E-state index in [9.17, 15) is 18.0 Å². The molecule has 0 spiro atoms. The highest BCUT2D eigenvalue weighted by molar-refractivity contribution is 7.89. The van der Waals surface area contributed by atoms with Crippen LogP contribution in [0.1, 0.15) is 76.1 Å². The van der Waals surface area contributed by atoms with E-state index >= 15 is 0 Å².